The summed E-state index contributed by atoms with van der Waals surface area (Å²) < 4.78 is 5.50. The molecule has 31 heavy (non-hydrogen) atoms. The second-order valence-electron chi connectivity index (χ2n) is 7.27. The van der Waals surface area contributed by atoms with Gasteiger partial charge in [-0.3, -0.25) is 14.9 Å². The van der Waals surface area contributed by atoms with Gasteiger partial charge in [-0.2, -0.15) is 0 Å². The molecule has 0 saturated heterocycles. The third kappa shape index (κ3) is 7.29. The van der Waals surface area contributed by atoms with Gasteiger partial charge in [0.2, 0.25) is 0 Å². The first-order valence-corrected chi connectivity index (χ1v) is 10.5. The van der Waals surface area contributed by atoms with Crippen molar-refractivity contribution in [2.75, 3.05) is 18.5 Å². The standard InChI is InChI=1S/C24H27N3O4/c28-22(27-24(30)25-16-15-18-9-3-1-4-10-18)17-31-21-14-8-7-13-20(21)23(29)26-19-11-5-2-6-12-19/h2,5-9,11-14H,1,3-4,10,15-17H2,(H,26,29)(H2,25,27,28,30). The van der Waals surface area contributed by atoms with E-state index in [0.29, 0.717) is 17.8 Å². The molecule has 0 heterocycles. The lowest BCUT2D eigenvalue weighted by molar-refractivity contribution is -0.122. The van der Waals surface area contributed by atoms with E-state index in [1.165, 1.54) is 18.4 Å². The Morgan fingerprint density at radius 2 is 1.71 bits per heavy atom. The Balaban J connectivity index is 1.45. The number of imide groups is 1. The zero-order chi connectivity index (χ0) is 21.9. The van der Waals surface area contributed by atoms with Gasteiger partial charge >= 0.3 is 6.03 Å². The molecule has 7 heteroatoms. The number of allylic oxidation sites excluding steroid dienone is 1. The van der Waals surface area contributed by atoms with Crippen LogP contribution in [0, 0.1) is 0 Å². The van der Waals surface area contributed by atoms with Gasteiger partial charge in [-0.05, 0) is 56.4 Å². The second-order valence-corrected chi connectivity index (χ2v) is 7.27. The molecule has 0 atom stereocenters. The topological polar surface area (TPSA) is 96.5 Å². The minimum absolute atomic E-state index is 0.260. The smallest absolute Gasteiger partial charge is 0.321 e. The minimum Gasteiger partial charge on any atom is -0.483 e. The molecule has 3 rings (SSSR count). The van der Waals surface area contributed by atoms with Crippen LogP contribution in [0.15, 0.2) is 66.2 Å². The van der Waals surface area contributed by atoms with Crippen LogP contribution in [0.4, 0.5) is 10.5 Å². The quantitative estimate of drug-likeness (QED) is 0.561. The average molecular weight is 421 g/mol. The summed E-state index contributed by atoms with van der Waals surface area (Å²) in [5, 5.41) is 7.71. The molecular formula is C24H27N3O4. The minimum atomic E-state index is -0.590. The summed E-state index contributed by atoms with van der Waals surface area (Å²) in [6, 6.07) is 15.1. The Labute approximate surface area is 181 Å². The van der Waals surface area contributed by atoms with E-state index in [-0.39, 0.29) is 18.3 Å². The molecule has 0 aliphatic heterocycles. The van der Waals surface area contributed by atoms with Crippen molar-refractivity contribution < 1.29 is 19.1 Å². The summed E-state index contributed by atoms with van der Waals surface area (Å²) in [4.78, 5) is 36.5. The third-order valence-electron chi connectivity index (χ3n) is 4.89. The zero-order valence-electron chi connectivity index (χ0n) is 17.4. The number of hydrogen-bond donors (Lipinski definition) is 3. The van der Waals surface area contributed by atoms with Gasteiger partial charge in [0, 0.05) is 12.2 Å². The van der Waals surface area contributed by atoms with Gasteiger partial charge in [-0.15, -0.1) is 0 Å². The Morgan fingerprint density at radius 3 is 2.48 bits per heavy atom. The summed E-state index contributed by atoms with van der Waals surface area (Å²) in [5.41, 5.74) is 2.30. The fraction of sp³-hybridized carbons (Fsp3) is 0.292. The van der Waals surface area contributed by atoms with Crippen LogP contribution >= 0.6 is 0 Å². The van der Waals surface area contributed by atoms with Crippen LogP contribution in [-0.2, 0) is 4.79 Å². The highest BCUT2D eigenvalue weighted by atomic mass is 16.5. The van der Waals surface area contributed by atoms with Gasteiger partial charge in [0.1, 0.15) is 5.75 Å². The molecule has 3 N–H and O–H groups in total. The Hall–Kier alpha value is -3.61. The second kappa shape index (κ2) is 11.5. The highest BCUT2D eigenvalue weighted by Crippen LogP contribution is 2.20. The molecule has 0 unspecified atom stereocenters. The summed E-state index contributed by atoms with van der Waals surface area (Å²) in [6.45, 7) is 0.0997. The molecule has 0 fully saturated rings. The number of carbonyl (C=O) groups excluding carboxylic acids is 3. The molecule has 1 aliphatic carbocycles. The number of ether oxygens (including phenoxy) is 1. The fourth-order valence-electron chi connectivity index (χ4n) is 3.32. The van der Waals surface area contributed by atoms with Crippen LogP contribution in [-0.4, -0.2) is 31.0 Å². The number of para-hydroxylation sites is 2. The lowest BCUT2D eigenvalue weighted by Crippen LogP contribution is -2.42. The van der Waals surface area contributed by atoms with Crippen molar-refractivity contribution >= 4 is 23.5 Å². The van der Waals surface area contributed by atoms with E-state index in [0.717, 1.165) is 19.3 Å². The van der Waals surface area contributed by atoms with Gasteiger partial charge in [0.05, 0.1) is 5.56 Å². The number of benzene rings is 2. The Morgan fingerprint density at radius 1 is 0.935 bits per heavy atom. The first-order chi connectivity index (χ1) is 15.1. The monoisotopic (exact) mass is 421 g/mol. The molecule has 162 valence electrons. The molecule has 0 radical (unpaired) electrons. The van der Waals surface area contributed by atoms with Crippen molar-refractivity contribution in [3.05, 3.63) is 71.8 Å². The first-order valence-electron chi connectivity index (χ1n) is 10.5. The summed E-state index contributed by atoms with van der Waals surface area (Å²) >= 11 is 0. The van der Waals surface area contributed by atoms with Crippen LogP contribution in [0.1, 0.15) is 42.5 Å². The zero-order valence-corrected chi connectivity index (χ0v) is 17.4. The number of urea groups is 1. The highest BCUT2D eigenvalue weighted by Gasteiger charge is 2.15. The molecule has 0 spiro atoms. The van der Waals surface area contributed by atoms with Crippen molar-refractivity contribution in [2.45, 2.75) is 32.1 Å². The van der Waals surface area contributed by atoms with Crippen LogP contribution < -0.4 is 20.7 Å². The number of nitrogens with one attached hydrogen (secondary N) is 3. The van der Waals surface area contributed by atoms with Crippen LogP contribution in [0.2, 0.25) is 0 Å². The maximum Gasteiger partial charge on any atom is 0.321 e. The van der Waals surface area contributed by atoms with Gasteiger partial charge in [0.25, 0.3) is 11.8 Å². The van der Waals surface area contributed by atoms with E-state index in [9.17, 15) is 14.4 Å². The molecule has 4 amide bonds. The predicted octanol–water partition coefficient (Wildman–Crippen LogP) is 4.03. The third-order valence-corrected chi connectivity index (χ3v) is 4.89. The number of rotatable bonds is 8. The highest BCUT2D eigenvalue weighted by molar-refractivity contribution is 6.06. The van der Waals surface area contributed by atoms with Gasteiger partial charge in [-0.25, -0.2) is 4.79 Å². The van der Waals surface area contributed by atoms with Gasteiger partial charge < -0.3 is 15.4 Å². The molecule has 7 nitrogen and oxygen atoms in total. The summed E-state index contributed by atoms with van der Waals surface area (Å²) in [5.74, 6) is -0.680. The lowest BCUT2D eigenvalue weighted by atomic mass is 9.97. The van der Waals surface area contributed by atoms with E-state index < -0.39 is 11.9 Å². The molecule has 2 aromatic carbocycles. The van der Waals surface area contributed by atoms with Crippen molar-refractivity contribution in [3.63, 3.8) is 0 Å². The van der Waals surface area contributed by atoms with Crippen LogP contribution in [0.3, 0.4) is 0 Å². The SMILES string of the molecule is O=C(COc1ccccc1C(=O)Nc1ccccc1)NC(=O)NCCC1=CCCCC1. The number of carbonyl (C=O) groups is 3. The number of anilines is 1. The molecule has 0 aromatic heterocycles. The van der Waals surface area contributed by atoms with Crippen molar-refractivity contribution in [1.82, 2.24) is 10.6 Å². The lowest BCUT2D eigenvalue weighted by Gasteiger charge is -2.13. The van der Waals surface area contributed by atoms with E-state index in [1.54, 1.807) is 36.4 Å². The van der Waals surface area contributed by atoms with E-state index in [1.807, 2.05) is 18.2 Å². The predicted molar refractivity (Wildman–Crippen MR) is 119 cm³/mol. The summed E-state index contributed by atoms with van der Waals surface area (Å²) in [7, 11) is 0. The van der Waals surface area contributed by atoms with E-state index in [2.05, 4.69) is 22.0 Å². The van der Waals surface area contributed by atoms with Crippen molar-refractivity contribution in [3.8, 4) is 5.75 Å². The van der Waals surface area contributed by atoms with Gasteiger partial charge in [0.15, 0.2) is 6.61 Å². The van der Waals surface area contributed by atoms with E-state index in [4.69, 9.17) is 4.74 Å². The Kier molecular flexibility index (Phi) is 8.22. The fourth-order valence-corrected chi connectivity index (χ4v) is 3.32. The summed E-state index contributed by atoms with van der Waals surface area (Å²) in [6.07, 6.45) is 7.62. The average Bonchev–Trinajstić information content (AvgIpc) is 2.79. The van der Waals surface area contributed by atoms with Crippen LogP contribution in [0.25, 0.3) is 0 Å². The molecule has 0 saturated carbocycles. The molecule has 1 aliphatic rings. The van der Waals surface area contributed by atoms with Crippen molar-refractivity contribution in [1.29, 1.82) is 0 Å². The number of hydrogen-bond acceptors (Lipinski definition) is 4. The molecular weight excluding hydrogens is 394 g/mol. The maximum absolute atomic E-state index is 12.5. The maximum atomic E-state index is 12.5. The molecule has 0 bridgehead atoms. The van der Waals surface area contributed by atoms with Gasteiger partial charge in [-0.1, -0.05) is 42.0 Å². The Bertz CT molecular complexity index is 941. The molecule has 2 aromatic rings. The first kappa shape index (κ1) is 22.1. The van der Waals surface area contributed by atoms with Crippen LogP contribution in [0.5, 0.6) is 5.75 Å². The normalized spacial score (nSPS) is 13.0. The van der Waals surface area contributed by atoms with Crippen molar-refractivity contribution in [2.24, 2.45) is 0 Å². The number of amides is 4. The van der Waals surface area contributed by atoms with E-state index >= 15 is 0 Å². The largest absolute Gasteiger partial charge is 0.483 e.